The number of aliphatic hydroxyl groups is 1. The molecule has 1 unspecified atom stereocenters. The topological polar surface area (TPSA) is 29.5 Å². The Morgan fingerprint density at radius 2 is 2.00 bits per heavy atom. The van der Waals surface area contributed by atoms with E-state index < -0.39 is 5.79 Å². The highest BCUT2D eigenvalue weighted by Gasteiger charge is 2.41. The van der Waals surface area contributed by atoms with Crippen LogP contribution in [-0.4, -0.2) is 16.5 Å². The van der Waals surface area contributed by atoms with Gasteiger partial charge in [-0.25, -0.2) is 0 Å². The largest absolute Gasteiger partial charge is 0.365 e. The molecular weight excluding hydrogens is 128 g/mol. The van der Waals surface area contributed by atoms with Gasteiger partial charge < -0.3 is 9.84 Å². The van der Waals surface area contributed by atoms with E-state index in [0.717, 1.165) is 12.8 Å². The highest BCUT2D eigenvalue weighted by Crippen LogP contribution is 2.37. The molecule has 0 aliphatic carbocycles. The maximum Gasteiger partial charge on any atom is 0.165 e. The Morgan fingerprint density at radius 1 is 1.40 bits per heavy atom. The highest BCUT2D eigenvalue weighted by molar-refractivity contribution is 4.84. The van der Waals surface area contributed by atoms with Crippen molar-refractivity contribution < 1.29 is 9.84 Å². The fourth-order valence-corrected chi connectivity index (χ4v) is 1.36. The molecule has 0 aromatic heterocycles. The van der Waals surface area contributed by atoms with Gasteiger partial charge in [-0.2, -0.15) is 0 Å². The quantitative estimate of drug-likeness (QED) is 0.606. The third kappa shape index (κ3) is 1.50. The average molecular weight is 144 g/mol. The van der Waals surface area contributed by atoms with E-state index in [-0.39, 0.29) is 5.60 Å². The van der Waals surface area contributed by atoms with Crippen molar-refractivity contribution in [1.82, 2.24) is 0 Å². The highest BCUT2D eigenvalue weighted by atomic mass is 16.6. The summed E-state index contributed by atoms with van der Waals surface area (Å²) >= 11 is 0. The van der Waals surface area contributed by atoms with Crippen molar-refractivity contribution >= 4 is 0 Å². The summed E-state index contributed by atoms with van der Waals surface area (Å²) < 4.78 is 5.44. The van der Waals surface area contributed by atoms with Crippen molar-refractivity contribution in [3.63, 3.8) is 0 Å². The maximum atomic E-state index is 9.61. The molecule has 0 bridgehead atoms. The zero-order chi connectivity index (χ0) is 7.83. The van der Waals surface area contributed by atoms with Gasteiger partial charge in [0.1, 0.15) is 0 Å². The van der Waals surface area contributed by atoms with Crippen LogP contribution in [0.2, 0.25) is 0 Å². The summed E-state index contributed by atoms with van der Waals surface area (Å²) in [5.74, 6) is -0.830. The smallest absolute Gasteiger partial charge is 0.165 e. The number of hydrogen-bond acceptors (Lipinski definition) is 2. The monoisotopic (exact) mass is 144 g/mol. The first-order valence-corrected chi connectivity index (χ1v) is 3.90. The van der Waals surface area contributed by atoms with Crippen LogP contribution in [-0.2, 0) is 4.74 Å². The van der Waals surface area contributed by atoms with Crippen LogP contribution in [0.1, 0.15) is 40.0 Å². The third-order valence-corrected chi connectivity index (χ3v) is 2.14. The summed E-state index contributed by atoms with van der Waals surface area (Å²) in [7, 11) is 0. The van der Waals surface area contributed by atoms with Gasteiger partial charge in [-0.3, -0.25) is 0 Å². The summed E-state index contributed by atoms with van der Waals surface area (Å²) in [6.45, 7) is 5.97. The lowest BCUT2D eigenvalue weighted by Gasteiger charge is -2.24. The number of ether oxygens (including phenoxy) is 1. The van der Waals surface area contributed by atoms with Crippen LogP contribution in [0.3, 0.4) is 0 Å². The van der Waals surface area contributed by atoms with Gasteiger partial charge in [0.2, 0.25) is 0 Å². The van der Waals surface area contributed by atoms with E-state index in [1.54, 1.807) is 0 Å². The molecule has 0 saturated carbocycles. The SMILES string of the molecule is CCC1(O)CCC(C)(C)O1. The number of rotatable bonds is 1. The first-order chi connectivity index (χ1) is 4.47. The molecule has 1 rings (SSSR count). The van der Waals surface area contributed by atoms with E-state index in [9.17, 15) is 5.11 Å². The molecule has 0 aromatic rings. The van der Waals surface area contributed by atoms with Crippen molar-refractivity contribution in [1.29, 1.82) is 0 Å². The van der Waals surface area contributed by atoms with E-state index >= 15 is 0 Å². The molecule has 60 valence electrons. The molecule has 1 atom stereocenters. The minimum atomic E-state index is -0.830. The van der Waals surface area contributed by atoms with Gasteiger partial charge in [0.25, 0.3) is 0 Å². The lowest BCUT2D eigenvalue weighted by atomic mass is 10.0. The summed E-state index contributed by atoms with van der Waals surface area (Å²) in [6, 6.07) is 0. The Morgan fingerprint density at radius 3 is 2.20 bits per heavy atom. The second-order valence-corrected chi connectivity index (χ2v) is 3.66. The van der Waals surface area contributed by atoms with Crippen LogP contribution >= 0.6 is 0 Å². The molecule has 2 heteroatoms. The second kappa shape index (κ2) is 2.21. The molecule has 1 saturated heterocycles. The van der Waals surface area contributed by atoms with Gasteiger partial charge >= 0.3 is 0 Å². The Balaban J connectivity index is 2.57. The molecule has 1 N–H and O–H groups in total. The molecule has 1 fully saturated rings. The Hall–Kier alpha value is -0.0800. The minimum absolute atomic E-state index is 0.120. The lowest BCUT2D eigenvalue weighted by Crippen LogP contribution is -2.30. The standard InChI is InChI=1S/C8H16O2/c1-4-8(9)6-5-7(2,3)10-8/h9H,4-6H2,1-3H3. The maximum absolute atomic E-state index is 9.61. The summed E-state index contributed by atoms with van der Waals surface area (Å²) in [4.78, 5) is 0. The van der Waals surface area contributed by atoms with Crippen molar-refractivity contribution in [2.24, 2.45) is 0 Å². The predicted molar refractivity (Wildman–Crippen MR) is 39.6 cm³/mol. The second-order valence-electron chi connectivity index (χ2n) is 3.66. The van der Waals surface area contributed by atoms with Gasteiger partial charge in [-0.1, -0.05) is 6.92 Å². The normalized spacial score (nSPS) is 38.4. The molecule has 0 aromatic carbocycles. The van der Waals surface area contributed by atoms with Crippen LogP contribution < -0.4 is 0 Å². The summed E-state index contributed by atoms with van der Waals surface area (Å²) in [5.41, 5.74) is -0.120. The first-order valence-electron chi connectivity index (χ1n) is 3.90. The van der Waals surface area contributed by atoms with E-state index in [1.807, 2.05) is 20.8 Å². The zero-order valence-corrected chi connectivity index (χ0v) is 6.98. The van der Waals surface area contributed by atoms with Crippen molar-refractivity contribution in [2.45, 2.75) is 51.4 Å². The summed E-state index contributed by atoms with van der Waals surface area (Å²) in [6.07, 6.45) is 2.42. The average Bonchev–Trinajstić information content (AvgIpc) is 2.08. The number of hydrogen-bond donors (Lipinski definition) is 1. The van der Waals surface area contributed by atoms with Crippen LogP contribution in [0, 0.1) is 0 Å². The van der Waals surface area contributed by atoms with Crippen LogP contribution in [0.25, 0.3) is 0 Å². The molecular formula is C8H16O2. The Bertz CT molecular complexity index is 131. The molecule has 10 heavy (non-hydrogen) atoms. The van der Waals surface area contributed by atoms with Crippen molar-refractivity contribution in [3.05, 3.63) is 0 Å². The van der Waals surface area contributed by atoms with E-state index in [1.165, 1.54) is 0 Å². The molecule has 0 radical (unpaired) electrons. The third-order valence-electron chi connectivity index (χ3n) is 2.14. The van der Waals surface area contributed by atoms with Gasteiger partial charge in [-0.05, 0) is 26.7 Å². The Kier molecular flexibility index (Phi) is 1.77. The molecule has 2 nitrogen and oxygen atoms in total. The fourth-order valence-electron chi connectivity index (χ4n) is 1.36. The lowest BCUT2D eigenvalue weighted by molar-refractivity contribution is -0.215. The first kappa shape index (κ1) is 8.02. The van der Waals surface area contributed by atoms with E-state index in [0.29, 0.717) is 6.42 Å². The van der Waals surface area contributed by atoms with Gasteiger partial charge in [0.15, 0.2) is 5.79 Å². The van der Waals surface area contributed by atoms with Crippen molar-refractivity contribution in [3.8, 4) is 0 Å². The van der Waals surface area contributed by atoms with Crippen LogP contribution in [0.15, 0.2) is 0 Å². The molecule has 0 amide bonds. The molecule has 1 aliphatic rings. The Labute approximate surface area is 62.2 Å². The fraction of sp³-hybridized carbons (Fsp3) is 1.00. The summed E-state index contributed by atoms with van der Waals surface area (Å²) in [5, 5.41) is 9.61. The van der Waals surface area contributed by atoms with E-state index in [4.69, 9.17) is 4.74 Å². The van der Waals surface area contributed by atoms with Gasteiger partial charge in [0, 0.05) is 6.42 Å². The van der Waals surface area contributed by atoms with E-state index in [2.05, 4.69) is 0 Å². The molecule has 0 spiro atoms. The van der Waals surface area contributed by atoms with Gasteiger partial charge in [0.05, 0.1) is 5.60 Å². The van der Waals surface area contributed by atoms with Crippen LogP contribution in [0.5, 0.6) is 0 Å². The van der Waals surface area contributed by atoms with Crippen molar-refractivity contribution in [2.75, 3.05) is 0 Å². The minimum Gasteiger partial charge on any atom is -0.365 e. The zero-order valence-electron chi connectivity index (χ0n) is 6.98. The molecule has 1 aliphatic heterocycles. The van der Waals surface area contributed by atoms with Gasteiger partial charge in [-0.15, -0.1) is 0 Å². The predicted octanol–water partition coefficient (Wildman–Crippen LogP) is 1.67. The van der Waals surface area contributed by atoms with Crippen LogP contribution in [0.4, 0.5) is 0 Å². The molecule has 1 heterocycles.